The van der Waals surface area contributed by atoms with E-state index >= 15 is 0 Å². The van der Waals surface area contributed by atoms with Crippen LogP contribution in [0.1, 0.15) is 0 Å². The van der Waals surface area contributed by atoms with E-state index in [4.69, 9.17) is 10.8 Å². The second-order valence-corrected chi connectivity index (χ2v) is 2.45. The smallest absolute Gasteiger partial charge is 0.354 e. The van der Waals surface area contributed by atoms with Gasteiger partial charge in [0.15, 0.2) is 10.9 Å². The SMILES string of the molecule is CS/C(N)=N\N=C(/CF)C(=O)O. The lowest BCUT2D eigenvalue weighted by Crippen LogP contribution is -2.15. The number of carboxylic acids is 1. The van der Waals surface area contributed by atoms with Gasteiger partial charge in [-0.3, -0.25) is 0 Å². The van der Waals surface area contributed by atoms with E-state index in [0.717, 1.165) is 11.8 Å². The van der Waals surface area contributed by atoms with Crippen LogP contribution in [0.3, 0.4) is 0 Å². The van der Waals surface area contributed by atoms with Crippen molar-refractivity contribution < 1.29 is 14.3 Å². The number of carboxylic acid groups (broad SMARTS) is 1. The Morgan fingerprint density at radius 2 is 2.25 bits per heavy atom. The van der Waals surface area contributed by atoms with Crippen LogP contribution in [0.25, 0.3) is 0 Å². The summed E-state index contributed by atoms with van der Waals surface area (Å²) in [4.78, 5) is 10.1. The predicted octanol–water partition coefficient (Wildman–Crippen LogP) is 0.0742. The fourth-order valence-electron chi connectivity index (χ4n) is 0.277. The molecular weight excluding hydrogens is 185 g/mol. The van der Waals surface area contributed by atoms with Crippen molar-refractivity contribution in [3.63, 3.8) is 0 Å². The minimum Gasteiger partial charge on any atom is -0.477 e. The van der Waals surface area contributed by atoms with Crippen molar-refractivity contribution >= 4 is 28.6 Å². The Balaban J connectivity index is 4.40. The van der Waals surface area contributed by atoms with Gasteiger partial charge in [-0.25, -0.2) is 9.18 Å². The van der Waals surface area contributed by atoms with E-state index in [1.807, 2.05) is 0 Å². The zero-order valence-electron chi connectivity index (χ0n) is 6.32. The van der Waals surface area contributed by atoms with Crippen LogP contribution >= 0.6 is 11.8 Å². The first-order chi connectivity index (χ1) is 5.61. The Morgan fingerprint density at radius 1 is 1.67 bits per heavy atom. The van der Waals surface area contributed by atoms with Crippen molar-refractivity contribution in [2.24, 2.45) is 15.9 Å². The molecule has 0 aromatic heterocycles. The summed E-state index contributed by atoms with van der Waals surface area (Å²) in [6.07, 6.45) is 1.64. The summed E-state index contributed by atoms with van der Waals surface area (Å²) < 4.78 is 11.8. The molecule has 12 heavy (non-hydrogen) atoms. The first kappa shape index (κ1) is 10.9. The predicted molar refractivity (Wildman–Crippen MR) is 46.2 cm³/mol. The fraction of sp³-hybridized carbons (Fsp3) is 0.400. The molecule has 0 amide bonds. The Kier molecular flexibility index (Phi) is 5.02. The second-order valence-electron chi connectivity index (χ2n) is 1.63. The topological polar surface area (TPSA) is 88.0 Å². The lowest BCUT2D eigenvalue weighted by Gasteiger charge is -1.91. The molecule has 7 heteroatoms. The van der Waals surface area contributed by atoms with E-state index in [1.165, 1.54) is 0 Å². The number of rotatable bonds is 3. The Labute approximate surface area is 72.5 Å². The van der Waals surface area contributed by atoms with E-state index < -0.39 is 18.4 Å². The normalized spacial score (nSPS) is 13.2. The van der Waals surface area contributed by atoms with Crippen LogP contribution in [0.4, 0.5) is 4.39 Å². The molecular formula is C5H8FN3O2S. The molecule has 0 saturated heterocycles. The minimum atomic E-state index is -1.44. The van der Waals surface area contributed by atoms with Crippen molar-refractivity contribution in [1.82, 2.24) is 0 Å². The van der Waals surface area contributed by atoms with Crippen LogP contribution in [-0.2, 0) is 4.79 Å². The summed E-state index contributed by atoms with van der Waals surface area (Å²) in [5.41, 5.74) is 4.51. The van der Waals surface area contributed by atoms with Gasteiger partial charge in [-0.15, -0.1) is 10.2 Å². The van der Waals surface area contributed by atoms with Crippen LogP contribution in [0.5, 0.6) is 0 Å². The van der Waals surface area contributed by atoms with Gasteiger partial charge >= 0.3 is 5.97 Å². The van der Waals surface area contributed by atoms with Crippen LogP contribution in [-0.4, -0.2) is 34.9 Å². The third-order valence-corrected chi connectivity index (χ3v) is 1.35. The molecule has 0 aromatic rings. The molecule has 0 aliphatic rings. The molecule has 0 saturated carbocycles. The zero-order valence-corrected chi connectivity index (χ0v) is 7.14. The van der Waals surface area contributed by atoms with Crippen molar-refractivity contribution in [2.75, 3.05) is 12.9 Å². The average Bonchev–Trinajstić information content (AvgIpc) is 2.04. The van der Waals surface area contributed by atoms with E-state index in [-0.39, 0.29) is 5.17 Å². The molecule has 0 rings (SSSR count). The van der Waals surface area contributed by atoms with Gasteiger partial charge in [0.2, 0.25) is 0 Å². The Bertz CT molecular complexity index is 229. The summed E-state index contributed by atoms with van der Waals surface area (Å²) in [5.74, 6) is -1.44. The Morgan fingerprint density at radius 3 is 2.58 bits per heavy atom. The third-order valence-electron chi connectivity index (χ3n) is 0.852. The number of nitrogens with two attached hydrogens (primary N) is 1. The molecule has 5 nitrogen and oxygen atoms in total. The van der Waals surface area contributed by atoms with Crippen molar-refractivity contribution in [1.29, 1.82) is 0 Å². The highest BCUT2D eigenvalue weighted by Gasteiger charge is 2.07. The van der Waals surface area contributed by atoms with E-state index in [1.54, 1.807) is 6.26 Å². The number of thioether (sulfide) groups is 1. The lowest BCUT2D eigenvalue weighted by atomic mass is 10.4. The molecule has 0 atom stereocenters. The van der Waals surface area contributed by atoms with Gasteiger partial charge < -0.3 is 10.8 Å². The van der Waals surface area contributed by atoms with Crippen LogP contribution in [0, 0.1) is 0 Å². The average molecular weight is 193 g/mol. The molecule has 0 aliphatic heterocycles. The highest BCUT2D eigenvalue weighted by molar-refractivity contribution is 8.13. The van der Waals surface area contributed by atoms with E-state index in [0.29, 0.717) is 0 Å². The first-order valence-corrected chi connectivity index (χ1v) is 4.07. The van der Waals surface area contributed by atoms with Crippen LogP contribution in [0.15, 0.2) is 10.2 Å². The van der Waals surface area contributed by atoms with Gasteiger partial charge in [0, 0.05) is 0 Å². The summed E-state index contributed by atoms with van der Waals surface area (Å²) in [6.45, 7) is -1.17. The largest absolute Gasteiger partial charge is 0.477 e. The summed E-state index contributed by atoms with van der Waals surface area (Å²) in [6, 6.07) is 0. The van der Waals surface area contributed by atoms with Gasteiger partial charge in [-0.05, 0) is 6.26 Å². The van der Waals surface area contributed by atoms with Gasteiger partial charge in [-0.1, -0.05) is 11.8 Å². The molecule has 0 unspecified atom stereocenters. The number of aliphatic carboxylic acids is 1. The van der Waals surface area contributed by atoms with Gasteiger partial charge in [-0.2, -0.15) is 0 Å². The molecule has 68 valence electrons. The number of amidine groups is 1. The molecule has 0 radical (unpaired) electrons. The van der Waals surface area contributed by atoms with Crippen LogP contribution in [0.2, 0.25) is 0 Å². The molecule has 3 N–H and O–H groups in total. The summed E-state index contributed by atoms with van der Waals surface area (Å²) in [7, 11) is 0. The maximum atomic E-state index is 11.8. The standard InChI is InChI=1S/C5H8FN3O2S/c1-12-5(7)9-8-3(2-6)4(10)11/h2H2,1H3,(H2,7,9)(H,10,11)/b8-3+. The van der Waals surface area contributed by atoms with Gasteiger partial charge in [0.1, 0.15) is 6.67 Å². The summed E-state index contributed by atoms with van der Waals surface area (Å²) in [5, 5.41) is 14.7. The zero-order chi connectivity index (χ0) is 9.56. The highest BCUT2D eigenvalue weighted by Crippen LogP contribution is 1.92. The number of halogens is 1. The number of alkyl halides is 1. The molecule has 0 bridgehead atoms. The number of nitrogens with zero attached hydrogens (tertiary/aromatic N) is 2. The quantitative estimate of drug-likeness (QED) is 0.377. The van der Waals surface area contributed by atoms with Crippen LogP contribution < -0.4 is 5.73 Å². The van der Waals surface area contributed by atoms with E-state index in [2.05, 4.69) is 10.2 Å². The Hall–Kier alpha value is -1.11. The van der Waals surface area contributed by atoms with Crippen molar-refractivity contribution in [3.8, 4) is 0 Å². The first-order valence-electron chi connectivity index (χ1n) is 2.85. The van der Waals surface area contributed by atoms with Crippen molar-refractivity contribution in [3.05, 3.63) is 0 Å². The van der Waals surface area contributed by atoms with Crippen molar-refractivity contribution in [2.45, 2.75) is 0 Å². The molecule has 0 heterocycles. The lowest BCUT2D eigenvalue weighted by molar-refractivity contribution is -0.129. The van der Waals surface area contributed by atoms with Gasteiger partial charge in [0.25, 0.3) is 0 Å². The molecule has 0 aliphatic carbocycles. The number of hydrogen-bond acceptors (Lipinski definition) is 4. The van der Waals surface area contributed by atoms with Gasteiger partial charge in [0.05, 0.1) is 0 Å². The minimum absolute atomic E-state index is 0.0854. The summed E-state index contributed by atoms with van der Waals surface area (Å²) >= 11 is 1.09. The third kappa shape index (κ3) is 3.91. The molecule has 0 aromatic carbocycles. The highest BCUT2D eigenvalue weighted by atomic mass is 32.2. The molecule has 0 spiro atoms. The fourth-order valence-corrected chi connectivity index (χ4v) is 0.400. The number of hydrogen-bond donors (Lipinski definition) is 2. The maximum Gasteiger partial charge on any atom is 0.354 e. The molecule has 0 fully saturated rings. The maximum absolute atomic E-state index is 11.8. The second kappa shape index (κ2) is 5.53. The van der Waals surface area contributed by atoms with E-state index in [9.17, 15) is 9.18 Å². The monoisotopic (exact) mass is 193 g/mol. The number of carbonyl (C=O) groups is 1.